The molecule has 0 fully saturated rings. The summed E-state index contributed by atoms with van der Waals surface area (Å²) >= 11 is 4.81. The first-order valence-electron chi connectivity index (χ1n) is 6.85. The van der Waals surface area contributed by atoms with Crippen molar-refractivity contribution < 1.29 is 9.59 Å². The Bertz CT molecular complexity index is 793. The number of rotatable bonds is 3. The lowest BCUT2D eigenvalue weighted by molar-refractivity contribution is 0.100. The average Bonchev–Trinajstić information content (AvgIpc) is 3.08. The molecule has 0 atom stereocenters. The number of nitrogens with zero attached hydrogens (tertiary/aromatic N) is 2. The summed E-state index contributed by atoms with van der Waals surface area (Å²) in [4.78, 5) is 25.3. The maximum Gasteiger partial charge on any atom is 0.277 e. The van der Waals surface area contributed by atoms with Crippen molar-refractivity contribution in [3.63, 3.8) is 0 Å². The average molecular weight is 383 g/mol. The third kappa shape index (κ3) is 2.36. The van der Waals surface area contributed by atoms with Gasteiger partial charge in [0.2, 0.25) is 0 Å². The topological polar surface area (TPSA) is 90.0 Å². The third-order valence-electron chi connectivity index (χ3n) is 3.87. The first kappa shape index (κ1) is 15.2. The maximum absolute atomic E-state index is 12.4. The molecule has 0 unspecified atom stereocenters. The molecule has 0 radical (unpaired) electrons. The summed E-state index contributed by atoms with van der Waals surface area (Å²) in [5.74, 6) is -0.844. The van der Waals surface area contributed by atoms with E-state index in [0.717, 1.165) is 35.4 Å². The highest BCUT2D eigenvalue weighted by Crippen LogP contribution is 2.39. The number of carbonyl (C=O) groups is 2. The smallest absolute Gasteiger partial charge is 0.277 e. The molecule has 3 rings (SSSR count). The Morgan fingerprint density at radius 1 is 1.41 bits per heavy atom. The molecule has 1 aliphatic carbocycles. The Morgan fingerprint density at radius 3 is 2.73 bits per heavy atom. The van der Waals surface area contributed by atoms with Gasteiger partial charge in [0.1, 0.15) is 5.00 Å². The minimum Gasteiger partial charge on any atom is -0.365 e. The number of fused-ring (bicyclic) bond motifs is 1. The molecule has 0 bridgehead atoms. The molecule has 0 spiro atoms. The van der Waals surface area contributed by atoms with Crippen LogP contribution in [0.15, 0.2) is 4.47 Å². The van der Waals surface area contributed by atoms with E-state index in [2.05, 4.69) is 26.3 Å². The number of anilines is 1. The van der Waals surface area contributed by atoms with Gasteiger partial charge in [0.05, 0.1) is 15.7 Å². The van der Waals surface area contributed by atoms with E-state index in [1.165, 1.54) is 11.3 Å². The number of thiophene rings is 1. The Kier molecular flexibility index (Phi) is 3.82. The van der Waals surface area contributed by atoms with Gasteiger partial charge in [-0.25, -0.2) is 0 Å². The van der Waals surface area contributed by atoms with Gasteiger partial charge in [0.25, 0.3) is 11.8 Å². The van der Waals surface area contributed by atoms with Gasteiger partial charge in [-0.05, 0) is 47.7 Å². The predicted octanol–water partition coefficient (Wildman–Crippen LogP) is 2.39. The lowest BCUT2D eigenvalue weighted by Crippen LogP contribution is -2.18. The van der Waals surface area contributed by atoms with E-state index >= 15 is 0 Å². The van der Waals surface area contributed by atoms with Crippen molar-refractivity contribution in [2.24, 2.45) is 12.8 Å². The molecular weight excluding hydrogens is 368 g/mol. The zero-order valence-electron chi connectivity index (χ0n) is 12.2. The highest BCUT2D eigenvalue weighted by atomic mass is 79.9. The van der Waals surface area contributed by atoms with E-state index in [1.807, 2.05) is 6.92 Å². The van der Waals surface area contributed by atoms with Crippen LogP contribution in [0.25, 0.3) is 0 Å². The third-order valence-corrected chi connectivity index (χ3v) is 6.03. The van der Waals surface area contributed by atoms with E-state index < -0.39 is 5.91 Å². The molecule has 2 amide bonds. The van der Waals surface area contributed by atoms with Gasteiger partial charge in [-0.1, -0.05) is 0 Å². The number of aryl methyl sites for hydroxylation is 2. The minimum atomic E-state index is -0.494. The van der Waals surface area contributed by atoms with Gasteiger partial charge in [0, 0.05) is 11.9 Å². The van der Waals surface area contributed by atoms with Crippen LogP contribution < -0.4 is 11.1 Å². The fraction of sp³-hybridized carbons (Fsp3) is 0.357. The van der Waals surface area contributed by atoms with Crippen LogP contribution in [0.1, 0.15) is 43.4 Å². The van der Waals surface area contributed by atoms with Crippen molar-refractivity contribution in [2.45, 2.75) is 26.2 Å². The van der Waals surface area contributed by atoms with E-state index in [1.54, 1.807) is 11.7 Å². The predicted molar refractivity (Wildman–Crippen MR) is 88.5 cm³/mol. The van der Waals surface area contributed by atoms with Gasteiger partial charge in [-0.2, -0.15) is 5.10 Å². The first-order valence-corrected chi connectivity index (χ1v) is 8.46. The van der Waals surface area contributed by atoms with Crippen LogP contribution in [0.3, 0.4) is 0 Å². The number of hydrogen-bond donors (Lipinski definition) is 2. The lowest BCUT2D eigenvalue weighted by atomic mass is 10.1. The van der Waals surface area contributed by atoms with Gasteiger partial charge in [-0.15, -0.1) is 11.3 Å². The number of carbonyl (C=O) groups excluding carboxylic acids is 2. The fourth-order valence-electron chi connectivity index (χ4n) is 2.64. The van der Waals surface area contributed by atoms with Crippen molar-refractivity contribution in [3.8, 4) is 0 Å². The Morgan fingerprint density at radius 2 is 2.14 bits per heavy atom. The van der Waals surface area contributed by atoms with Crippen molar-refractivity contribution in [2.75, 3.05) is 5.32 Å². The van der Waals surface area contributed by atoms with E-state index in [-0.39, 0.29) is 5.91 Å². The molecule has 0 aromatic carbocycles. The van der Waals surface area contributed by atoms with Crippen molar-refractivity contribution in [1.29, 1.82) is 0 Å². The molecule has 2 aromatic heterocycles. The number of nitrogens with one attached hydrogen (secondary N) is 1. The number of halogens is 1. The van der Waals surface area contributed by atoms with E-state index in [4.69, 9.17) is 5.73 Å². The molecule has 2 heterocycles. The summed E-state index contributed by atoms with van der Waals surface area (Å²) in [7, 11) is 1.77. The molecular formula is C14H15BrN4O2S. The normalized spacial score (nSPS) is 13.2. The molecule has 2 aromatic rings. The van der Waals surface area contributed by atoms with E-state index in [0.29, 0.717) is 20.7 Å². The summed E-state index contributed by atoms with van der Waals surface area (Å²) in [5, 5.41) is 7.51. The molecule has 8 heteroatoms. The lowest BCUT2D eigenvalue weighted by Gasteiger charge is -2.04. The highest BCUT2D eigenvalue weighted by Gasteiger charge is 2.27. The number of hydrogen-bond acceptors (Lipinski definition) is 4. The van der Waals surface area contributed by atoms with E-state index in [9.17, 15) is 9.59 Å². The number of amides is 2. The Balaban J connectivity index is 1.95. The van der Waals surface area contributed by atoms with Crippen molar-refractivity contribution in [3.05, 3.63) is 31.9 Å². The first-order chi connectivity index (χ1) is 10.4. The fourth-order valence-corrected chi connectivity index (χ4v) is 4.45. The van der Waals surface area contributed by atoms with Crippen LogP contribution in [0, 0.1) is 6.92 Å². The second-order valence-corrected chi connectivity index (χ2v) is 7.15. The zero-order chi connectivity index (χ0) is 16.0. The standard InChI is InChI=1S/C14H15BrN4O2S/c1-6-10(15)11(18-19(6)2)13(21)17-14-9(12(16)20)7-4-3-5-8(7)22-14/h3-5H2,1-2H3,(H2,16,20)(H,17,21). The molecule has 0 aliphatic heterocycles. The molecule has 0 saturated heterocycles. The SMILES string of the molecule is Cc1c(Br)c(C(=O)Nc2sc3c(c2C(N)=O)CCC3)nn1C. The summed E-state index contributed by atoms with van der Waals surface area (Å²) in [6.07, 6.45) is 2.80. The van der Waals surface area contributed by atoms with Gasteiger partial charge < -0.3 is 11.1 Å². The Labute approximate surface area is 139 Å². The largest absolute Gasteiger partial charge is 0.365 e. The second kappa shape index (κ2) is 5.51. The summed E-state index contributed by atoms with van der Waals surface area (Å²) in [6.45, 7) is 1.86. The van der Waals surface area contributed by atoms with Gasteiger partial charge >= 0.3 is 0 Å². The van der Waals surface area contributed by atoms with Crippen molar-refractivity contribution >= 4 is 44.1 Å². The number of primary amides is 1. The molecule has 116 valence electrons. The molecule has 1 aliphatic rings. The number of aromatic nitrogens is 2. The summed E-state index contributed by atoms with van der Waals surface area (Å²) in [6, 6.07) is 0. The monoisotopic (exact) mass is 382 g/mol. The molecule has 22 heavy (non-hydrogen) atoms. The summed E-state index contributed by atoms with van der Waals surface area (Å²) in [5.41, 5.74) is 8.09. The number of nitrogens with two attached hydrogens (primary N) is 1. The quantitative estimate of drug-likeness (QED) is 0.853. The van der Waals surface area contributed by atoms with Gasteiger partial charge in [-0.3, -0.25) is 14.3 Å². The van der Waals surface area contributed by atoms with Gasteiger partial charge in [0.15, 0.2) is 5.69 Å². The maximum atomic E-state index is 12.4. The zero-order valence-corrected chi connectivity index (χ0v) is 14.6. The van der Waals surface area contributed by atoms with Crippen LogP contribution in [-0.2, 0) is 19.9 Å². The highest BCUT2D eigenvalue weighted by molar-refractivity contribution is 9.10. The van der Waals surface area contributed by atoms with Crippen LogP contribution in [0.4, 0.5) is 5.00 Å². The Hall–Kier alpha value is -1.67. The van der Waals surface area contributed by atoms with Crippen LogP contribution in [0.5, 0.6) is 0 Å². The molecule has 6 nitrogen and oxygen atoms in total. The molecule has 3 N–H and O–H groups in total. The van der Waals surface area contributed by atoms with Crippen LogP contribution in [-0.4, -0.2) is 21.6 Å². The summed E-state index contributed by atoms with van der Waals surface area (Å²) < 4.78 is 2.28. The van der Waals surface area contributed by atoms with Crippen LogP contribution in [0.2, 0.25) is 0 Å². The second-order valence-electron chi connectivity index (χ2n) is 5.25. The molecule has 0 saturated carbocycles. The minimum absolute atomic E-state index is 0.295. The van der Waals surface area contributed by atoms with Crippen LogP contribution >= 0.6 is 27.3 Å². The van der Waals surface area contributed by atoms with Crippen molar-refractivity contribution in [1.82, 2.24) is 9.78 Å².